The van der Waals surface area contributed by atoms with Crippen LogP contribution in [-0.2, 0) is 6.54 Å². The van der Waals surface area contributed by atoms with Crippen LogP contribution in [0.25, 0.3) is 0 Å². The van der Waals surface area contributed by atoms with Gasteiger partial charge in [0.25, 0.3) is 0 Å². The first-order valence-corrected chi connectivity index (χ1v) is 9.32. The van der Waals surface area contributed by atoms with E-state index in [1.807, 2.05) is 18.2 Å². The third-order valence-corrected chi connectivity index (χ3v) is 4.56. The molecular weight excluding hydrogens is 382 g/mol. The monoisotopic (exact) mass is 405 g/mol. The number of rotatable bonds is 5. The van der Waals surface area contributed by atoms with Gasteiger partial charge in [-0.3, -0.25) is 9.88 Å². The molecule has 1 saturated heterocycles. The Hall–Kier alpha value is -2.55. The fourth-order valence-corrected chi connectivity index (χ4v) is 3.07. The molecule has 1 aromatic heterocycles. The Morgan fingerprint density at radius 2 is 1.96 bits per heavy atom. The maximum absolute atomic E-state index is 12.3. The Morgan fingerprint density at radius 1 is 1.21 bits per heavy atom. The number of ether oxygens (including phenoxy) is 1. The van der Waals surface area contributed by atoms with Crippen molar-refractivity contribution in [1.82, 2.24) is 19.8 Å². The molecule has 1 aromatic carbocycles. The smallest absolute Gasteiger partial charge is 0.408 e. The van der Waals surface area contributed by atoms with Crippen molar-refractivity contribution in [3.63, 3.8) is 0 Å². The fourth-order valence-electron chi connectivity index (χ4n) is 2.92. The van der Waals surface area contributed by atoms with Gasteiger partial charge in [0.15, 0.2) is 11.5 Å². The molecule has 1 aliphatic rings. The van der Waals surface area contributed by atoms with E-state index >= 15 is 0 Å². The van der Waals surface area contributed by atoms with Crippen LogP contribution in [0.5, 0.6) is 11.5 Å². The summed E-state index contributed by atoms with van der Waals surface area (Å²) in [6.07, 6.45) is 2.58. The first kappa shape index (κ1) is 20.2. The number of pyridine rings is 1. The molecule has 0 atom stereocenters. The highest BCUT2D eigenvalue weighted by Crippen LogP contribution is 2.26. The lowest BCUT2D eigenvalue weighted by Crippen LogP contribution is -2.49. The summed E-state index contributed by atoms with van der Waals surface area (Å²) in [6.45, 7) is 3.42. The summed E-state index contributed by atoms with van der Waals surface area (Å²) in [5.74, 6) is 0.976. The number of hydroxylamine groups is 2. The molecule has 3 rings (SSSR count). The number of nitrogens with two attached hydrogens (primary N) is 1. The van der Waals surface area contributed by atoms with Crippen LogP contribution in [0.2, 0.25) is 5.02 Å². The number of nitrogen functional groups attached to an aromatic ring is 1. The number of aromatic nitrogens is 1. The first-order chi connectivity index (χ1) is 13.4. The van der Waals surface area contributed by atoms with E-state index in [4.69, 9.17) is 26.9 Å². The van der Waals surface area contributed by atoms with Gasteiger partial charge in [-0.15, -0.1) is 0 Å². The Balaban J connectivity index is 1.52. The minimum absolute atomic E-state index is 0.349. The van der Waals surface area contributed by atoms with Crippen molar-refractivity contribution < 1.29 is 14.4 Å². The lowest BCUT2D eigenvalue weighted by Gasteiger charge is -2.34. The van der Waals surface area contributed by atoms with E-state index in [-0.39, 0.29) is 6.09 Å². The molecule has 0 aliphatic carbocycles. The molecule has 1 amide bonds. The number of amides is 1. The second-order valence-electron chi connectivity index (χ2n) is 6.75. The molecule has 2 aromatic rings. The quantitative estimate of drug-likeness (QED) is 0.765. The SMILES string of the molecule is CN(C)Oc1cc(CN2CCN(C(=O)Oc3cncc(N)c3)CC2)ccc1Cl. The maximum Gasteiger partial charge on any atom is 0.415 e. The minimum atomic E-state index is -0.389. The second kappa shape index (κ2) is 9.09. The van der Waals surface area contributed by atoms with Crippen LogP contribution in [0, 0.1) is 0 Å². The van der Waals surface area contributed by atoms with Crippen molar-refractivity contribution in [2.45, 2.75) is 6.54 Å². The molecule has 0 saturated carbocycles. The zero-order valence-corrected chi connectivity index (χ0v) is 16.7. The van der Waals surface area contributed by atoms with Crippen molar-refractivity contribution in [1.29, 1.82) is 0 Å². The number of carbonyl (C=O) groups is 1. The van der Waals surface area contributed by atoms with Gasteiger partial charge in [-0.2, -0.15) is 5.06 Å². The van der Waals surface area contributed by atoms with Crippen LogP contribution in [0.4, 0.5) is 10.5 Å². The van der Waals surface area contributed by atoms with E-state index in [2.05, 4.69) is 9.88 Å². The van der Waals surface area contributed by atoms with E-state index in [1.165, 1.54) is 12.4 Å². The van der Waals surface area contributed by atoms with Crippen molar-refractivity contribution in [2.75, 3.05) is 46.0 Å². The summed E-state index contributed by atoms with van der Waals surface area (Å²) in [4.78, 5) is 25.8. The Morgan fingerprint density at radius 3 is 2.64 bits per heavy atom. The summed E-state index contributed by atoms with van der Waals surface area (Å²) in [5.41, 5.74) is 7.21. The topological polar surface area (TPSA) is 84.2 Å². The number of nitrogens with zero attached hydrogens (tertiary/aromatic N) is 4. The number of hydrogen-bond donors (Lipinski definition) is 1. The zero-order valence-electron chi connectivity index (χ0n) is 16.0. The second-order valence-corrected chi connectivity index (χ2v) is 7.16. The van der Waals surface area contributed by atoms with Crippen molar-refractivity contribution in [3.8, 4) is 11.5 Å². The Bertz CT molecular complexity index is 825. The van der Waals surface area contributed by atoms with Gasteiger partial charge in [-0.05, 0) is 17.7 Å². The molecule has 150 valence electrons. The molecular formula is C19H24ClN5O3. The van der Waals surface area contributed by atoms with Gasteiger partial charge in [0, 0.05) is 52.9 Å². The maximum atomic E-state index is 12.3. The number of benzene rings is 1. The van der Waals surface area contributed by atoms with Crippen LogP contribution < -0.4 is 15.3 Å². The summed E-state index contributed by atoms with van der Waals surface area (Å²) >= 11 is 6.18. The van der Waals surface area contributed by atoms with Crippen LogP contribution in [0.1, 0.15) is 5.56 Å². The summed E-state index contributed by atoms with van der Waals surface area (Å²) in [7, 11) is 3.61. The number of hydrogen-bond acceptors (Lipinski definition) is 7. The number of carbonyl (C=O) groups excluding carboxylic acids is 1. The molecule has 28 heavy (non-hydrogen) atoms. The highest BCUT2D eigenvalue weighted by Gasteiger charge is 2.23. The van der Waals surface area contributed by atoms with E-state index < -0.39 is 0 Å². The molecule has 0 unspecified atom stereocenters. The van der Waals surface area contributed by atoms with Crippen LogP contribution in [0.3, 0.4) is 0 Å². The molecule has 2 heterocycles. The highest BCUT2D eigenvalue weighted by atomic mass is 35.5. The molecule has 0 spiro atoms. The van der Waals surface area contributed by atoms with E-state index in [0.717, 1.165) is 25.2 Å². The normalized spacial score (nSPS) is 14.9. The number of piperazine rings is 1. The van der Waals surface area contributed by atoms with Gasteiger partial charge >= 0.3 is 6.09 Å². The lowest BCUT2D eigenvalue weighted by atomic mass is 10.2. The average molecular weight is 406 g/mol. The molecule has 0 radical (unpaired) electrons. The van der Waals surface area contributed by atoms with Gasteiger partial charge in [0.05, 0.1) is 23.1 Å². The predicted molar refractivity (Wildman–Crippen MR) is 107 cm³/mol. The van der Waals surface area contributed by atoms with Crippen LogP contribution in [-0.4, -0.2) is 66.2 Å². The molecule has 0 bridgehead atoms. The van der Waals surface area contributed by atoms with Crippen LogP contribution in [0.15, 0.2) is 36.7 Å². The third kappa shape index (κ3) is 5.48. The van der Waals surface area contributed by atoms with Gasteiger partial charge in [0.2, 0.25) is 0 Å². The predicted octanol–water partition coefficient (Wildman–Crippen LogP) is 2.49. The third-order valence-electron chi connectivity index (χ3n) is 4.25. The van der Waals surface area contributed by atoms with E-state index in [0.29, 0.717) is 35.3 Å². The standard InChI is InChI=1S/C19H24ClN5O3/c1-23(2)28-18-9-14(3-4-17(18)20)13-24-5-7-25(8-6-24)19(26)27-16-10-15(21)11-22-12-16/h3-4,9-12H,5-8,13,21H2,1-2H3. The van der Waals surface area contributed by atoms with E-state index in [1.54, 1.807) is 30.1 Å². The number of anilines is 1. The molecule has 2 N–H and O–H groups in total. The van der Waals surface area contributed by atoms with Gasteiger partial charge < -0.3 is 20.2 Å². The molecule has 9 heteroatoms. The minimum Gasteiger partial charge on any atom is -0.408 e. The molecule has 1 aliphatic heterocycles. The van der Waals surface area contributed by atoms with Gasteiger partial charge in [-0.1, -0.05) is 17.7 Å². The Labute approximate surface area is 169 Å². The Kier molecular flexibility index (Phi) is 6.56. The van der Waals surface area contributed by atoms with Crippen molar-refractivity contribution in [2.24, 2.45) is 0 Å². The zero-order chi connectivity index (χ0) is 20.1. The average Bonchev–Trinajstić information content (AvgIpc) is 2.64. The van der Waals surface area contributed by atoms with E-state index in [9.17, 15) is 4.79 Å². The number of halogens is 1. The van der Waals surface area contributed by atoms with Crippen molar-refractivity contribution in [3.05, 3.63) is 47.2 Å². The van der Waals surface area contributed by atoms with Crippen LogP contribution >= 0.6 is 11.6 Å². The summed E-state index contributed by atoms with van der Waals surface area (Å²) < 4.78 is 5.34. The van der Waals surface area contributed by atoms with Crippen molar-refractivity contribution >= 4 is 23.4 Å². The summed E-state index contributed by atoms with van der Waals surface area (Å²) in [6, 6.07) is 7.34. The molecule has 8 nitrogen and oxygen atoms in total. The largest absolute Gasteiger partial charge is 0.415 e. The van der Waals surface area contributed by atoms with Gasteiger partial charge in [-0.25, -0.2) is 4.79 Å². The summed E-state index contributed by atoms with van der Waals surface area (Å²) in [5, 5.41) is 2.17. The fraction of sp³-hybridized carbons (Fsp3) is 0.368. The first-order valence-electron chi connectivity index (χ1n) is 8.94. The lowest BCUT2D eigenvalue weighted by molar-refractivity contribution is -0.00328. The highest BCUT2D eigenvalue weighted by molar-refractivity contribution is 6.32. The van der Waals surface area contributed by atoms with Gasteiger partial charge in [0.1, 0.15) is 0 Å². The molecule has 1 fully saturated rings.